The van der Waals surface area contributed by atoms with Gasteiger partial charge in [0.1, 0.15) is 5.37 Å². The molecule has 4 heteroatoms. The third-order valence-electron chi connectivity index (χ3n) is 2.31. The highest BCUT2D eigenvalue weighted by molar-refractivity contribution is 8.00. The number of hydrogen-bond donors (Lipinski definition) is 2. The van der Waals surface area contributed by atoms with Crippen LogP contribution in [0.15, 0.2) is 65.6 Å². The zero-order valence-corrected chi connectivity index (χ0v) is 10.6. The minimum atomic E-state index is -0.618. The molecule has 2 rings (SSSR count). The zero-order valence-electron chi connectivity index (χ0n) is 9.74. The van der Waals surface area contributed by atoms with Crippen molar-refractivity contribution in [3.63, 3.8) is 0 Å². The zero-order chi connectivity index (χ0) is 12.8. The van der Waals surface area contributed by atoms with E-state index in [0.717, 1.165) is 10.6 Å². The molecular formula is C14H14N2OS. The number of carbonyl (C=O) groups excluding carboxylic acids is 1. The van der Waals surface area contributed by atoms with Gasteiger partial charge in [0.05, 0.1) is 0 Å². The fraction of sp³-hybridized carbons (Fsp3) is 0.0714. The van der Waals surface area contributed by atoms with Crippen LogP contribution in [0.3, 0.4) is 0 Å². The second-order valence-electron chi connectivity index (χ2n) is 3.71. The molecule has 0 radical (unpaired) electrons. The number of para-hydroxylation sites is 1. The molecule has 0 saturated heterocycles. The Morgan fingerprint density at radius 2 is 1.56 bits per heavy atom. The molecule has 92 valence electrons. The van der Waals surface area contributed by atoms with Crippen LogP contribution in [0.2, 0.25) is 0 Å². The second-order valence-corrected chi connectivity index (χ2v) is 4.92. The lowest BCUT2D eigenvalue weighted by Crippen LogP contribution is -2.32. The van der Waals surface area contributed by atoms with Crippen molar-refractivity contribution in [3.8, 4) is 0 Å². The molecule has 2 aromatic rings. The summed E-state index contributed by atoms with van der Waals surface area (Å²) in [5.41, 5.74) is 6.60. The van der Waals surface area contributed by atoms with Crippen LogP contribution < -0.4 is 11.1 Å². The second kappa shape index (κ2) is 6.23. The average molecular weight is 258 g/mol. The van der Waals surface area contributed by atoms with Crippen LogP contribution >= 0.6 is 11.8 Å². The third kappa shape index (κ3) is 3.61. The Kier molecular flexibility index (Phi) is 4.39. The van der Waals surface area contributed by atoms with Crippen LogP contribution in [0, 0.1) is 0 Å². The van der Waals surface area contributed by atoms with E-state index in [1.54, 1.807) is 0 Å². The molecule has 0 heterocycles. The van der Waals surface area contributed by atoms with Crippen molar-refractivity contribution >= 4 is 23.4 Å². The van der Waals surface area contributed by atoms with Crippen molar-refractivity contribution in [1.29, 1.82) is 0 Å². The van der Waals surface area contributed by atoms with Gasteiger partial charge in [-0.1, -0.05) is 48.2 Å². The maximum Gasteiger partial charge on any atom is 0.252 e. The van der Waals surface area contributed by atoms with E-state index in [1.807, 2.05) is 60.7 Å². The number of rotatable bonds is 4. The van der Waals surface area contributed by atoms with Crippen molar-refractivity contribution in [2.75, 3.05) is 5.32 Å². The maximum atomic E-state index is 11.9. The van der Waals surface area contributed by atoms with E-state index in [9.17, 15) is 4.79 Å². The van der Waals surface area contributed by atoms with Crippen molar-refractivity contribution in [2.45, 2.75) is 10.3 Å². The Hall–Kier alpha value is -1.78. The van der Waals surface area contributed by atoms with Gasteiger partial charge in [0.15, 0.2) is 0 Å². The standard InChI is InChI=1S/C14H14N2OS/c15-13(18-12-9-5-2-6-10-12)14(17)16-11-7-3-1-4-8-11/h1-10,13H,15H2,(H,16,17)/t13-/m0/s1. The molecule has 3 N–H and O–H groups in total. The monoisotopic (exact) mass is 258 g/mol. The summed E-state index contributed by atoms with van der Waals surface area (Å²) in [5.74, 6) is -0.199. The first kappa shape index (κ1) is 12.7. The molecule has 0 spiro atoms. The van der Waals surface area contributed by atoms with Gasteiger partial charge in [0.2, 0.25) is 0 Å². The number of thioether (sulfide) groups is 1. The lowest BCUT2D eigenvalue weighted by atomic mass is 10.3. The van der Waals surface area contributed by atoms with Crippen molar-refractivity contribution in [3.05, 3.63) is 60.7 Å². The summed E-state index contributed by atoms with van der Waals surface area (Å²) >= 11 is 1.34. The normalized spacial score (nSPS) is 11.8. The summed E-state index contributed by atoms with van der Waals surface area (Å²) in [7, 11) is 0. The van der Waals surface area contributed by atoms with Crippen LogP contribution in [0.5, 0.6) is 0 Å². The topological polar surface area (TPSA) is 55.1 Å². The molecule has 0 unspecified atom stereocenters. The van der Waals surface area contributed by atoms with E-state index in [4.69, 9.17) is 5.73 Å². The number of carbonyl (C=O) groups is 1. The first-order valence-corrected chi connectivity index (χ1v) is 6.47. The molecule has 0 fully saturated rings. The summed E-state index contributed by atoms with van der Waals surface area (Å²) in [6.45, 7) is 0. The summed E-state index contributed by atoms with van der Waals surface area (Å²) in [4.78, 5) is 12.8. The Labute approximate surface area is 110 Å². The van der Waals surface area contributed by atoms with Crippen molar-refractivity contribution < 1.29 is 4.79 Å². The third-order valence-corrected chi connectivity index (χ3v) is 3.32. The Bertz CT molecular complexity index is 502. The number of hydrogen-bond acceptors (Lipinski definition) is 3. The van der Waals surface area contributed by atoms with Gasteiger partial charge < -0.3 is 11.1 Å². The fourth-order valence-electron chi connectivity index (χ4n) is 1.43. The van der Waals surface area contributed by atoms with Crippen LogP contribution in [0.4, 0.5) is 5.69 Å². The largest absolute Gasteiger partial charge is 0.324 e. The highest BCUT2D eigenvalue weighted by Gasteiger charge is 2.14. The quantitative estimate of drug-likeness (QED) is 0.655. The lowest BCUT2D eigenvalue weighted by molar-refractivity contribution is -0.115. The van der Waals surface area contributed by atoms with Crippen LogP contribution in [0.25, 0.3) is 0 Å². The maximum absolute atomic E-state index is 11.9. The SMILES string of the molecule is N[C@@H](Sc1ccccc1)C(=O)Nc1ccccc1. The average Bonchev–Trinajstić information content (AvgIpc) is 2.41. The number of anilines is 1. The van der Waals surface area contributed by atoms with Gasteiger partial charge in [0, 0.05) is 10.6 Å². The Balaban J connectivity index is 1.93. The smallest absolute Gasteiger partial charge is 0.252 e. The lowest BCUT2D eigenvalue weighted by Gasteiger charge is -2.11. The molecule has 2 aromatic carbocycles. The van der Waals surface area contributed by atoms with Gasteiger partial charge in [-0.25, -0.2) is 0 Å². The number of amides is 1. The Morgan fingerprint density at radius 3 is 2.17 bits per heavy atom. The summed E-state index contributed by atoms with van der Waals surface area (Å²) in [6.07, 6.45) is 0. The van der Waals surface area contributed by atoms with E-state index < -0.39 is 5.37 Å². The molecule has 1 atom stereocenters. The van der Waals surface area contributed by atoms with Gasteiger partial charge in [-0.15, -0.1) is 0 Å². The number of nitrogens with one attached hydrogen (secondary N) is 1. The van der Waals surface area contributed by atoms with Crippen LogP contribution in [-0.4, -0.2) is 11.3 Å². The Morgan fingerprint density at radius 1 is 1.00 bits per heavy atom. The summed E-state index contributed by atoms with van der Waals surface area (Å²) in [5, 5.41) is 2.16. The van der Waals surface area contributed by atoms with Gasteiger partial charge in [-0.3, -0.25) is 4.79 Å². The fourth-order valence-corrected chi connectivity index (χ4v) is 2.21. The van der Waals surface area contributed by atoms with Gasteiger partial charge in [-0.05, 0) is 24.3 Å². The number of benzene rings is 2. The molecule has 0 aliphatic carbocycles. The molecular weight excluding hydrogens is 244 g/mol. The molecule has 1 amide bonds. The minimum Gasteiger partial charge on any atom is -0.324 e. The first-order chi connectivity index (χ1) is 8.75. The minimum absolute atomic E-state index is 0.199. The molecule has 0 aromatic heterocycles. The van der Waals surface area contributed by atoms with Crippen molar-refractivity contribution in [1.82, 2.24) is 0 Å². The van der Waals surface area contributed by atoms with Crippen LogP contribution in [0.1, 0.15) is 0 Å². The van der Waals surface area contributed by atoms with Gasteiger partial charge >= 0.3 is 0 Å². The molecule has 0 saturated carbocycles. The molecule has 0 aliphatic heterocycles. The molecule has 18 heavy (non-hydrogen) atoms. The van der Waals surface area contributed by atoms with E-state index >= 15 is 0 Å². The number of nitrogens with two attached hydrogens (primary N) is 1. The molecule has 3 nitrogen and oxygen atoms in total. The van der Waals surface area contributed by atoms with Gasteiger partial charge in [-0.2, -0.15) is 0 Å². The summed E-state index contributed by atoms with van der Waals surface area (Å²) in [6, 6.07) is 18.9. The molecule has 0 aliphatic rings. The van der Waals surface area contributed by atoms with E-state index in [-0.39, 0.29) is 5.91 Å². The van der Waals surface area contributed by atoms with Crippen molar-refractivity contribution in [2.24, 2.45) is 5.73 Å². The van der Waals surface area contributed by atoms with Gasteiger partial charge in [0.25, 0.3) is 5.91 Å². The van der Waals surface area contributed by atoms with E-state index in [2.05, 4.69) is 5.32 Å². The predicted molar refractivity (Wildman–Crippen MR) is 75.3 cm³/mol. The molecule has 0 bridgehead atoms. The highest BCUT2D eigenvalue weighted by atomic mass is 32.2. The van der Waals surface area contributed by atoms with E-state index in [1.165, 1.54) is 11.8 Å². The highest BCUT2D eigenvalue weighted by Crippen LogP contribution is 2.20. The first-order valence-electron chi connectivity index (χ1n) is 5.59. The van der Waals surface area contributed by atoms with Crippen LogP contribution in [-0.2, 0) is 4.79 Å². The van der Waals surface area contributed by atoms with E-state index in [0.29, 0.717) is 0 Å². The summed E-state index contributed by atoms with van der Waals surface area (Å²) < 4.78 is 0. The predicted octanol–water partition coefficient (Wildman–Crippen LogP) is 2.70.